The van der Waals surface area contributed by atoms with Gasteiger partial charge in [0.2, 0.25) is 0 Å². The first-order chi connectivity index (χ1) is 7.34. The molecule has 0 saturated carbocycles. The second kappa shape index (κ2) is 4.41. The Hall–Kier alpha value is -2.10. The number of pyridine rings is 2. The molecule has 2 heterocycles. The SMILES string of the molecule is Nc1ccc(NCc2ccncc2)nc1. The standard InChI is InChI=1S/C11H12N4/c12-10-1-2-11(15-8-10)14-7-9-3-5-13-6-4-9/h1-6,8H,7,12H2,(H,14,15). The average Bonchev–Trinajstić information content (AvgIpc) is 2.30. The first-order valence-corrected chi connectivity index (χ1v) is 4.69. The van der Waals surface area contributed by atoms with Gasteiger partial charge in [0.25, 0.3) is 0 Å². The molecule has 0 saturated heterocycles. The molecule has 0 aliphatic heterocycles. The Kier molecular flexibility index (Phi) is 2.78. The predicted octanol–water partition coefficient (Wildman–Crippen LogP) is 1.67. The molecule has 0 aliphatic rings. The maximum absolute atomic E-state index is 5.54. The Labute approximate surface area is 88.2 Å². The summed E-state index contributed by atoms with van der Waals surface area (Å²) in [4.78, 5) is 8.09. The summed E-state index contributed by atoms with van der Waals surface area (Å²) in [5.74, 6) is 0.820. The van der Waals surface area contributed by atoms with Crippen LogP contribution in [-0.4, -0.2) is 9.97 Å². The summed E-state index contributed by atoms with van der Waals surface area (Å²) in [5, 5.41) is 3.19. The van der Waals surface area contributed by atoms with Crippen LogP contribution < -0.4 is 11.1 Å². The van der Waals surface area contributed by atoms with Crippen LogP contribution in [0.25, 0.3) is 0 Å². The molecular weight excluding hydrogens is 188 g/mol. The van der Waals surface area contributed by atoms with Gasteiger partial charge in [-0.1, -0.05) is 0 Å². The highest BCUT2D eigenvalue weighted by Gasteiger charge is 1.94. The monoisotopic (exact) mass is 200 g/mol. The van der Waals surface area contributed by atoms with E-state index in [2.05, 4.69) is 15.3 Å². The quantitative estimate of drug-likeness (QED) is 0.791. The van der Waals surface area contributed by atoms with Crippen molar-refractivity contribution in [3.05, 3.63) is 48.4 Å². The molecule has 0 amide bonds. The summed E-state index contributed by atoms with van der Waals surface area (Å²) in [6.45, 7) is 0.736. The zero-order chi connectivity index (χ0) is 10.5. The van der Waals surface area contributed by atoms with Crippen LogP contribution >= 0.6 is 0 Å². The molecule has 3 N–H and O–H groups in total. The molecule has 0 atom stereocenters. The van der Waals surface area contributed by atoms with Crippen LogP contribution in [0.1, 0.15) is 5.56 Å². The maximum atomic E-state index is 5.54. The Bertz CT molecular complexity index is 410. The fourth-order valence-electron chi connectivity index (χ4n) is 1.20. The van der Waals surface area contributed by atoms with Crippen molar-refractivity contribution < 1.29 is 0 Å². The molecule has 0 unspecified atom stereocenters. The minimum Gasteiger partial charge on any atom is -0.397 e. The van der Waals surface area contributed by atoms with E-state index >= 15 is 0 Å². The van der Waals surface area contributed by atoms with Crippen molar-refractivity contribution >= 4 is 11.5 Å². The second-order valence-corrected chi connectivity index (χ2v) is 3.19. The summed E-state index contributed by atoms with van der Waals surface area (Å²) >= 11 is 0. The average molecular weight is 200 g/mol. The Morgan fingerprint density at radius 1 is 1.13 bits per heavy atom. The van der Waals surface area contributed by atoms with E-state index in [0.717, 1.165) is 12.4 Å². The molecule has 0 bridgehead atoms. The minimum atomic E-state index is 0.671. The van der Waals surface area contributed by atoms with E-state index in [1.54, 1.807) is 18.6 Å². The van der Waals surface area contributed by atoms with Gasteiger partial charge in [0.1, 0.15) is 5.82 Å². The highest BCUT2D eigenvalue weighted by molar-refractivity contribution is 5.43. The minimum absolute atomic E-state index is 0.671. The van der Waals surface area contributed by atoms with Crippen molar-refractivity contribution in [1.29, 1.82) is 0 Å². The highest BCUT2D eigenvalue weighted by Crippen LogP contribution is 2.07. The summed E-state index contributed by atoms with van der Waals surface area (Å²) in [7, 11) is 0. The van der Waals surface area contributed by atoms with Gasteiger partial charge in [0.05, 0.1) is 11.9 Å². The van der Waals surface area contributed by atoms with Crippen LogP contribution in [0.2, 0.25) is 0 Å². The third-order valence-corrected chi connectivity index (χ3v) is 2.01. The van der Waals surface area contributed by atoms with Crippen LogP contribution in [0.15, 0.2) is 42.9 Å². The summed E-state index contributed by atoms with van der Waals surface area (Å²) in [5.41, 5.74) is 7.38. The number of aromatic nitrogens is 2. The van der Waals surface area contributed by atoms with Crippen LogP contribution in [0.5, 0.6) is 0 Å². The summed E-state index contributed by atoms with van der Waals surface area (Å²) in [6, 6.07) is 7.60. The van der Waals surface area contributed by atoms with Crippen molar-refractivity contribution in [1.82, 2.24) is 9.97 Å². The first kappa shape index (κ1) is 9.45. The Morgan fingerprint density at radius 3 is 2.60 bits per heavy atom. The molecule has 0 fully saturated rings. The molecule has 76 valence electrons. The lowest BCUT2D eigenvalue weighted by Gasteiger charge is -2.05. The lowest BCUT2D eigenvalue weighted by Crippen LogP contribution is -2.01. The molecule has 0 spiro atoms. The molecular formula is C11H12N4. The zero-order valence-electron chi connectivity index (χ0n) is 8.22. The lowest BCUT2D eigenvalue weighted by molar-refractivity contribution is 1.10. The molecule has 15 heavy (non-hydrogen) atoms. The number of nitrogens with one attached hydrogen (secondary N) is 1. The normalized spacial score (nSPS) is 9.87. The number of nitrogen functional groups attached to an aromatic ring is 1. The second-order valence-electron chi connectivity index (χ2n) is 3.19. The predicted molar refractivity (Wildman–Crippen MR) is 60.2 cm³/mol. The van der Waals surface area contributed by atoms with E-state index in [4.69, 9.17) is 5.73 Å². The number of nitrogens with two attached hydrogens (primary N) is 1. The molecule has 0 aromatic carbocycles. The van der Waals surface area contributed by atoms with Crippen molar-refractivity contribution in [2.75, 3.05) is 11.1 Å². The van der Waals surface area contributed by atoms with E-state index in [1.807, 2.05) is 24.3 Å². The Morgan fingerprint density at radius 2 is 1.93 bits per heavy atom. The molecule has 2 aromatic rings. The highest BCUT2D eigenvalue weighted by atomic mass is 15.0. The van der Waals surface area contributed by atoms with Gasteiger partial charge in [-0.2, -0.15) is 0 Å². The van der Waals surface area contributed by atoms with Gasteiger partial charge in [-0.3, -0.25) is 4.98 Å². The van der Waals surface area contributed by atoms with Crippen LogP contribution in [0.4, 0.5) is 11.5 Å². The third kappa shape index (κ3) is 2.67. The third-order valence-electron chi connectivity index (χ3n) is 2.01. The smallest absolute Gasteiger partial charge is 0.126 e. The lowest BCUT2D eigenvalue weighted by atomic mass is 10.3. The molecule has 4 heteroatoms. The molecule has 2 aromatic heterocycles. The molecule has 4 nitrogen and oxygen atoms in total. The number of rotatable bonds is 3. The topological polar surface area (TPSA) is 63.8 Å². The van der Waals surface area contributed by atoms with Gasteiger partial charge < -0.3 is 11.1 Å². The summed E-state index contributed by atoms with van der Waals surface area (Å²) < 4.78 is 0. The molecule has 2 rings (SSSR count). The van der Waals surface area contributed by atoms with Crippen LogP contribution in [0.3, 0.4) is 0 Å². The van der Waals surface area contributed by atoms with Gasteiger partial charge in [-0.25, -0.2) is 4.98 Å². The van der Waals surface area contributed by atoms with Gasteiger partial charge in [0.15, 0.2) is 0 Å². The van der Waals surface area contributed by atoms with E-state index in [0.29, 0.717) is 5.69 Å². The van der Waals surface area contributed by atoms with E-state index in [-0.39, 0.29) is 0 Å². The van der Waals surface area contributed by atoms with Crippen molar-refractivity contribution in [2.24, 2.45) is 0 Å². The van der Waals surface area contributed by atoms with E-state index < -0.39 is 0 Å². The summed E-state index contributed by atoms with van der Waals surface area (Å²) in [6.07, 6.45) is 5.18. The zero-order valence-corrected chi connectivity index (χ0v) is 8.22. The number of anilines is 2. The van der Waals surface area contributed by atoms with Crippen molar-refractivity contribution in [2.45, 2.75) is 6.54 Å². The molecule has 0 radical (unpaired) electrons. The number of nitrogens with zero attached hydrogens (tertiary/aromatic N) is 2. The van der Waals surface area contributed by atoms with E-state index in [9.17, 15) is 0 Å². The van der Waals surface area contributed by atoms with Crippen LogP contribution in [-0.2, 0) is 6.54 Å². The van der Waals surface area contributed by atoms with Crippen molar-refractivity contribution in [3.8, 4) is 0 Å². The van der Waals surface area contributed by atoms with Crippen LogP contribution in [0, 0.1) is 0 Å². The Balaban J connectivity index is 1.96. The maximum Gasteiger partial charge on any atom is 0.126 e. The van der Waals surface area contributed by atoms with E-state index in [1.165, 1.54) is 5.56 Å². The van der Waals surface area contributed by atoms with Gasteiger partial charge in [-0.15, -0.1) is 0 Å². The van der Waals surface area contributed by atoms with Gasteiger partial charge in [-0.05, 0) is 29.8 Å². The largest absolute Gasteiger partial charge is 0.397 e. The first-order valence-electron chi connectivity index (χ1n) is 4.69. The fraction of sp³-hybridized carbons (Fsp3) is 0.0909. The fourth-order valence-corrected chi connectivity index (χ4v) is 1.20. The van der Waals surface area contributed by atoms with Gasteiger partial charge in [0, 0.05) is 18.9 Å². The molecule has 0 aliphatic carbocycles. The van der Waals surface area contributed by atoms with Gasteiger partial charge >= 0.3 is 0 Å². The number of hydrogen-bond donors (Lipinski definition) is 2. The van der Waals surface area contributed by atoms with Crippen molar-refractivity contribution in [3.63, 3.8) is 0 Å². The number of hydrogen-bond acceptors (Lipinski definition) is 4.